The number of hydrogen-bond donors (Lipinski definition) is 1. The third kappa shape index (κ3) is 4.99. The molecule has 1 saturated heterocycles. The summed E-state index contributed by atoms with van der Waals surface area (Å²) in [6.07, 6.45) is 0.748. The number of piperidine rings is 1. The summed E-state index contributed by atoms with van der Waals surface area (Å²) >= 11 is 0. The van der Waals surface area contributed by atoms with Crippen LogP contribution in [0.25, 0.3) is 11.1 Å². The zero-order valence-electron chi connectivity index (χ0n) is 20.1. The van der Waals surface area contributed by atoms with E-state index in [4.69, 9.17) is 14.2 Å². The van der Waals surface area contributed by atoms with Gasteiger partial charge in [-0.25, -0.2) is 9.59 Å². The Labute approximate surface area is 209 Å². The number of ether oxygens (including phenoxy) is 3. The second kappa shape index (κ2) is 10.3. The van der Waals surface area contributed by atoms with Gasteiger partial charge in [0, 0.05) is 18.8 Å². The molecule has 36 heavy (non-hydrogen) atoms. The van der Waals surface area contributed by atoms with Crippen LogP contribution in [-0.2, 0) is 11.3 Å². The molecule has 0 aliphatic carbocycles. The molecule has 1 fully saturated rings. The molecule has 0 aromatic heterocycles. The molecule has 8 nitrogen and oxygen atoms in total. The van der Waals surface area contributed by atoms with Crippen molar-refractivity contribution >= 4 is 17.7 Å². The summed E-state index contributed by atoms with van der Waals surface area (Å²) in [6, 6.07) is 20.5. The first-order valence-corrected chi connectivity index (χ1v) is 11.9. The number of fused-ring (bicyclic) bond motifs is 1. The number of likely N-dealkylation sites (tertiary alicyclic amines) is 1. The van der Waals surface area contributed by atoms with E-state index < -0.39 is 5.97 Å². The highest BCUT2D eigenvalue weighted by Gasteiger charge is 2.27. The third-order valence-corrected chi connectivity index (χ3v) is 6.55. The smallest absolute Gasteiger partial charge is 0.337 e. The van der Waals surface area contributed by atoms with Gasteiger partial charge in [0.1, 0.15) is 0 Å². The number of methoxy groups -OCH3 is 1. The fourth-order valence-electron chi connectivity index (χ4n) is 4.47. The number of anilines is 1. The van der Waals surface area contributed by atoms with Gasteiger partial charge >= 0.3 is 12.0 Å². The number of amides is 2. The lowest BCUT2D eigenvalue weighted by Gasteiger charge is -2.34. The summed E-state index contributed by atoms with van der Waals surface area (Å²) in [6.45, 7) is 1.53. The van der Waals surface area contributed by atoms with Crippen molar-refractivity contribution in [3.63, 3.8) is 0 Å². The van der Waals surface area contributed by atoms with Gasteiger partial charge in [-0.05, 0) is 65.9 Å². The number of carbonyl (C=O) groups is 2. The summed E-state index contributed by atoms with van der Waals surface area (Å²) in [5, 5.41) is 9.91. The molecule has 2 aliphatic heterocycles. The minimum absolute atomic E-state index is 0.123. The number of benzene rings is 3. The first kappa shape index (κ1) is 23.7. The van der Waals surface area contributed by atoms with Gasteiger partial charge in [-0.3, -0.25) is 4.90 Å². The van der Waals surface area contributed by atoms with Crippen LogP contribution in [-0.4, -0.2) is 55.1 Å². The summed E-state index contributed by atoms with van der Waals surface area (Å²) in [5.41, 5.74) is 3.98. The van der Waals surface area contributed by atoms with Gasteiger partial charge in [0.05, 0.1) is 25.3 Å². The normalized spacial score (nSPS) is 15.0. The van der Waals surface area contributed by atoms with Crippen molar-refractivity contribution in [3.8, 4) is 22.6 Å². The molecule has 1 N–H and O–H groups in total. The molecule has 186 valence electrons. The standard InChI is InChI=1S/C28H28N2O6/c1-34-27(32)20-7-5-19(6-8-20)17-30(28(33)29-13-11-24(31)12-14-29)23-4-2-3-21(15-23)22-9-10-25-26(16-22)36-18-35-25/h2-10,15-16,24,31H,11-14,17-18H2,1H3. The molecule has 3 aromatic carbocycles. The molecular weight excluding hydrogens is 460 g/mol. The maximum absolute atomic E-state index is 13.7. The summed E-state index contributed by atoms with van der Waals surface area (Å²) in [7, 11) is 1.35. The molecule has 0 spiro atoms. The molecular formula is C28H28N2O6. The number of aliphatic hydroxyl groups is 1. The van der Waals surface area contributed by atoms with Gasteiger partial charge in [0.15, 0.2) is 11.5 Å². The molecule has 0 saturated carbocycles. The highest BCUT2D eigenvalue weighted by molar-refractivity contribution is 5.93. The van der Waals surface area contributed by atoms with E-state index in [1.807, 2.05) is 54.6 Å². The maximum atomic E-state index is 13.7. The quantitative estimate of drug-likeness (QED) is 0.534. The van der Waals surface area contributed by atoms with Gasteiger partial charge in [-0.2, -0.15) is 0 Å². The van der Waals surface area contributed by atoms with E-state index in [2.05, 4.69) is 0 Å². The Morgan fingerprint density at radius 2 is 1.69 bits per heavy atom. The lowest BCUT2D eigenvalue weighted by atomic mass is 10.0. The topological polar surface area (TPSA) is 88.5 Å². The van der Waals surface area contributed by atoms with Crippen molar-refractivity contribution in [2.45, 2.75) is 25.5 Å². The molecule has 2 amide bonds. The molecule has 0 bridgehead atoms. The van der Waals surface area contributed by atoms with Gasteiger partial charge in [-0.15, -0.1) is 0 Å². The van der Waals surface area contributed by atoms with Gasteiger partial charge < -0.3 is 24.2 Å². The number of hydrogen-bond acceptors (Lipinski definition) is 6. The van der Waals surface area contributed by atoms with Crippen molar-refractivity contribution in [1.82, 2.24) is 4.90 Å². The van der Waals surface area contributed by atoms with E-state index >= 15 is 0 Å². The Hall–Kier alpha value is -4.04. The second-order valence-corrected chi connectivity index (χ2v) is 8.89. The van der Waals surface area contributed by atoms with E-state index in [1.165, 1.54) is 7.11 Å². The van der Waals surface area contributed by atoms with Crippen LogP contribution in [0.1, 0.15) is 28.8 Å². The Kier molecular flexibility index (Phi) is 6.77. The maximum Gasteiger partial charge on any atom is 0.337 e. The fourth-order valence-corrected chi connectivity index (χ4v) is 4.47. The molecule has 2 heterocycles. The summed E-state index contributed by atoms with van der Waals surface area (Å²) in [5.74, 6) is 1.01. The molecule has 5 rings (SSSR count). The second-order valence-electron chi connectivity index (χ2n) is 8.89. The Balaban J connectivity index is 1.45. The minimum atomic E-state index is -0.405. The van der Waals surface area contributed by atoms with Crippen LogP contribution in [0.4, 0.5) is 10.5 Å². The van der Waals surface area contributed by atoms with Crippen molar-refractivity contribution < 1.29 is 28.9 Å². The van der Waals surface area contributed by atoms with Gasteiger partial charge in [-0.1, -0.05) is 30.3 Å². The first-order valence-electron chi connectivity index (χ1n) is 11.9. The highest BCUT2D eigenvalue weighted by Crippen LogP contribution is 2.37. The van der Waals surface area contributed by atoms with Crippen LogP contribution >= 0.6 is 0 Å². The van der Waals surface area contributed by atoms with Gasteiger partial charge in [0.2, 0.25) is 6.79 Å². The number of carbonyl (C=O) groups excluding carboxylic acids is 2. The monoisotopic (exact) mass is 488 g/mol. The summed E-state index contributed by atoms with van der Waals surface area (Å²) in [4.78, 5) is 29.0. The van der Waals surface area contributed by atoms with Crippen LogP contribution < -0.4 is 14.4 Å². The number of nitrogens with zero attached hydrogens (tertiary/aromatic N) is 2. The number of esters is 1. The largest absolute Gasteiger partial charge is 0.465 e. The van der Waals surface area contributed by atoms with E-state index in [9.17, 15) is 14.7 Å². The predicted octanol–water partition coefficient (Wildman–Crippen LogP) is 4.45. The number of rotatable bonds is 5. The van der Waals surface area contributed by atoms with Crippen LogP contribution in [0.5, 0.6) is 11.5 Å². The molecule has 0 unspecified atom stereocenters. The van der Waals surface area contributed by atoms with Crippen LogP contribution in [0.3, 0.4) is 0 Å². The van der Waals surface area contributed by atoms with E-state index in [0.29, 0.717) is 43.8 Å². The number of aliphatic hydroxyl groups excluding tert-OH is 1. The molecule has 0 radical (unpaired) electrons. The first-order chi connectivity index (χ1) is 17.5. The summed E-state index contributed by atoms with van der Waals surface area (Å²) < 4.78 is 15.7. The Morgan fingerprint density at radius 3 is 2.44 bits per heavy atom. The highest BCUT2D eigenvalue weighted by atomic mass is 16.7. The van der Waals surface area contributed by atoms with Gasteiger partial charge in [0.25, 0.3) is 0 Å². The SMILES string of the molecule is COC(=O)c1ccc(CN(C(=O)N2CCC(O)CC2)c2cccc(-c3ccc4c(c3)OCO4)c2)cc1. The lowest BCUT2D eigenvalue weighted by Crippen LogP contribution is -2.47. The van der Waals surface area contributed by atoms with Crippen LogP contribution in [0.15, 0.2) is 66.7 Å². The van der Waals surface area contributed by atoms with Crippen molar-refractivity contribution in [1.29, 1.82) is 0 Å². The zero-order valence-corrected chi connectivity index (χ0v) is 20.1. The molecule has 2 aliphatic rings. The Morgan fingerprint density at radius 1 is 0.972 bits per heavy atom. The van der Waals surface area contributed by atoms with E-state index in [1.54, 1.807) is 21.9 Å². The Bertz CT molecular complexity index is 1250. The molecule has 0 atom stereocenters. The third-order valence-electron chi connectivity index (χ3n) is 6.55. The van der Waals surface area contributed by atoms with Crippen molar-refractivity contribution in [2.75, 3.05) is 31.9 Å². The van der Waals surface area contributed by atoms with Crippen LogP contribution in [0, 0.1) is 0 Å². The zero-order chi connectivity index (χ0) is 25.1. The number of urea groups is 1. The minimum Gasteiger partial charge on any atom is -0.465 e. The average Bonchev–Trinajstić information content (AvgIpc) is 3.40. The van der Waals surface area contributed by atoms with E-state index in [-0.39, 0.29) is 18.9 Å². The fraction of sp³-hybridized carbons (Fsp3) is 0.286. The van der Waals surface area contributed by atoms with Crippen molar-refractivity contribution in [2.24, 2.45) is 0 Å². The molecule has 8 heteroatoms. The predicted molar refractivity (Wildman–Crippen MR) is 134 cm³/mol. The van der Waals surface area contributed by atoms with Crippen molar-refractivity contribution in [3.05, 3.63) is 77.9 Å². The van der Waals surface area contributed by atoms with Crippen LogP contribution in [0.2, 0.25) is 0 Å². The molecule has 3 aromatic rings. The average molecular weight is 489 g/mol. The van der Waals surface area contributed by atoms with E-state index in [0.717, 1.165) is 28.1 Å². The lowest BCUT2D eigenvalue weighted by molar-refractivity contribution is 0.0600.